The number of benzene rings is 1. The summed E-state index contributed by atoms with van der Waals surface area (Å²) in [4.78, 5) is 16.0. The molecule has 106 valence electrons. The highest BCUT2D eigenvalue weighted by atomic mass is 35.5. The van der Waals surface area contributed by atoms with Crippen molar-refractivity contribution in [3.63, 3.8) is 0 Å². The van der Waals surface area contributed by atoms with Crippen LogP contribution in [0.4, 0.5) is 0 Å². The Kier molecular flexibility index (Phi) is 3.61. The van der Waals surface area contributed by atoms with Gasteiger partial charge in [-0.2, -0.15) is 4.98 Å². The summed E-state index contributed by atoms with van der Waals surface area (Å²) in [5.74, 6) is 0.0704. The van der Waals surface area contributed by atoms with Gasteiger partial charge >= 0.3 is 0 Å². The smallest absolute Gasteiger partial charge is 0.288 e. The van der Waals surface area contributed by atoms with E-state index >= 15 is 0 Å². The summed E-state index contributed by atoms with van der Waals surface area (Å²) in [5, 5.41) is 17.2. The number of H-pyrrole nitrogens is 1. The van der Waals surface area contributed by atoms with Crippen molar-refractivity contribution < 1.29 is 4.79 Å². The molecule has 0 radical (unpaired) electrons. The third-order valence-electron chi connectivity index (χ3n) is 2.70. The van der Waals surface area contributed by atoms with Gasteiger partial charge in [0.2, 0.25) is 5.82 Å². The number of nitrogens with one attached hydrogen (secondary N) is 2. The quantitative estimate of drug-likeness (QED) is 0.748. The molecule has 2 heterocycles. The van der Waals surface area contributed by atoms with Gasteiger partial charge in [-0.15, -0.1) is 15.3 Å². The van der Waals surface area contributed by atoms with Crippen molar-refractivity contribution in [1.82, 2.24) is 35.3 Å². The van der Waals surface area contributed by atoms with Gasteiger partial charge < -0.3 is 5.32 Å². The van der Waals surface area contributed by atoms with Gasteiger partial charge in [0.15, 0.2) is 0 Å². The Morgan fingerprint density at radius 2 is 1.95 bits per heavy atom. The lowest BCUT2D eigenvalue weighted by molar-refractivity contribution is 0.0941. The van der Waals surface area contributed by atoms with Crippen LogP contribution in [0.15, 0.2) is 36.9 Å². The molecule has 0 unspecified atom stereocenters. The number of halogens is 1. The van der Waals surface area contributed by atoms with E-state index in [1.165, 1.54) is 17.2 Å². The normalized spacial score (nSPS) is 10.5. The topological polar surface area (TPSA) is 101 Å². The Labute approximate surface area is 124 Å². The minimum atomic E-state index is -0.350. The summed E-state index contributed by atoms with van der Waals surface area (Å²) in [6.45, 7) is 0.374. The van der Waals surface area contributed by atoms with Crippen molar-refractivity contribution in [2.24, 2.45) is 0 Å². The van der Waals surface area contributed by atoms with Crippen molar-refractivity contribution >= 4 is 17.5 Å². The van der Waals surface area contributed by atoms with Gasteiger partial charge in [0.25, 0.3) is 11.9 Å². The largest absolute Gasteiger partial charge is 0.345 e. The molecule has 0 aliphatic carbocycles. The number of carbonyl (C=O) groups is 1. The maximum Gasteiger partial charge on any atom is 0.288 e. The van der Waals surface area contributed by atoms with E-state index in [0.29, 0.717) is 17.5 Å². The number of amides is 1. The summed E-state index contributed by atoms with van der Waals surface area (Å²) in [7, 11) is 0. The summed E-state index contributed by atoms with van der Waals surface area (Å²) < 4.78 is 1.49. The number of carbonyl (C=O) groups excluding carboxylic acids is 1. The van der Waals surface area contributed by atoms with Crippen LogP contribution in [0.1, 0.15) is 16.2 Å². The van der Waals surface area contributed by atoms with Crippen LogP contribution in [0, 0.1) is 0 Å². The first-order chi connectivity index (χ1) is 10.2. The van der Waals surface area contributed by atoms with Crippen LogP contribution in [-0.2, 0) is 6.54 Å². The summed E-state index contributed by atoms with van der Waals surface area (Å²) in [6, 6.07) is 7.21. The van der Waals surface area contributed by atoms with E-state index in [1.807, 2.05) is 12.1 Å². The van der Waals surface area contributed by atoms with Gasteiger partial charge in [-0.3, -0.25) is 14.5 Å². The summed E-state index contributed by atoms with van der Waals surface area (Å²) in [6.07, 6.45) is 2.89. The second-order valence-corrected chi connectivity index (χ2v) is 4.60. The Morgan fingerprint density at radius 1 is 1.24 bits per heavy atom. The average Bonchev–Trinajstić information content (AvgIpc) is 3.17. The van der Waals surface area contributed by atoms with Crippen molar-refractivity contribution in [2.45, 2.75) is 6.54 Å². The van der Waals surface area contributed by atoms with Gasteiger partial charge in [0.05, 0.1) is 0 Å². The van der Waals surface area contributed by atoms with Crippen LogP contribution in [0.5, 0.6) is 0 Å². The molecule has 3 aromatic rings. The second kappa shape index (κ2) is 5.71. The van der Waals surface area contributed by atoms with Crippen LogP contribution in [-0.4, -0.2) is 35.9 Å². The molecule has 2 N–H and O–H groups in total. The predicted octanol–water partition coefficient (Wildman–Crippen LogP) is 0.969. The number of aromatic nitrogens is 6. The van der Waals surface area contributed by atoms with Crippen molar-refractivity contribution in [2.75, 3.05) is 0 Å². The fourth-order valence-electron chi connectivity index (χ4n) is 1.64. The van der Waals surface area contributed by atoms with E-state index in [4.69, 9.17) is 11.6 Å². The number of hydrogen-bond acceptors (Lipinski definition) is 5. The van der Waals surface area contributed by atoms with Crippen molar-refractivity contribution in [3.05, 3.63) is 53.3 Å². The zero-order valence-corrected chi connectivity index (χ0v) is 11.4. The number of aromatic amines is 1. The predicted molar refractivity (Wildman–Crippen MR) is 73.9 cm³/mol. The lowest BCUT2D eigenvalue weighted by atomic mass is 10.2. The van der Waals surface area contributed by atoms with Crippen LogP contribution < -0.4 is 5.32 Å². The fraction of sp³-hybridized carbons (Fsp3) is 0.0833. The molecule has 0 fully saturated rings. The minimum absolute atomic E-state index is 0.118. The summed E-state index contributed by atoms with van der Waals surface area (Å²) in [5.41, 5.74) is 0.936. The Morgan fingerprint density at radius 3 is 2.67 bits per heavy atom. The molecular weight excluding hydrogens is 294 g/mol. The molecule has 21 heavy (non-hydrogen) atoms. The first-order valence-electron chi connectivity index (χ1n) is 6.02. The van der Waals surface area contributed by atoms with E-state index < -0.39 is 0 Å². The van der Waals surface area contributed by atoms with E-state index in [0.717, 1.165) is 5.56 Å². The first-order valence-corrected chi connectivity index (χ1v) is 6.40. The molecule has 0 saturated carbocycles. The molecule has 0 atom stereocenters. The monoisotopic (exact) mass is 303 g/mol. The van der Waals surface area contributed by atoms with Gasteiger partial charge in [-0.05, 0) is 17.7 Å². The molecule has 9 heteroatoms. The Hall–Kier alpha value is -2.74. The van der Waals surface area contributed by atoms with Crippen LogP contribution in [0.2, 0.25) is 5.02 Å². The molecule has 3 rings (SSSR count). The SMILES string of the molecule is O=C(NCc1ccc(Cl)cc1)c1nc(-n2cnnc2)n[nH]1. The van der Waals surface area contributed by atoms with E-state index in [2.05, 4.69) is 30.7 Å². The number of rotatable bonds is 4. The number of nitrogens with zero attached hydrogens (tertiary/aromatic N) is 5. The molecule has 8 nitrogen and oxygen atoms in total. The average molecular weight is 304 g/mol. The maximum atomic E-state index is 12.0. The molecule has 2 aromatic heterocycles. The molecule has 0 spiro atoms. The molecular formula is C12H10ClN7O. The van der Waals surface area contributed by atoms with Gasteiger partial charge in [0, 0.05) is 11.6 Å². The maximum absolute atomic E-state index is 12.0. The van der Waals surface area contributed by atoms with E-state index in [9.17, 15) is 4.79 Å². The fourth-order valence-corrected chi connectivity index (χ4v) is 1.77. The first kappa shape index (κ1) is 13.3. The van der Waals surface area contributed by atoms with Crippen molar-refractivity contribution in [3.8, 4) is 5.95 Å². The molecule has 0 aliphatic heterocycles. The molecule has 0 aliphatic rings. The van der Waals surface area contributed by atoms with Gasteiger partial charge in [-0.1, -0.05) is 23.7 Å². The standard InChI is InChI=1S/C12H10ClN7O/c13-9-3-1-8(2-4-9)5-14-11(21)10-17-12(19-18-10)20-6-15-16-7-20/h1-4,6-7H,5H2,(H,14,21)(H,17,18,19). The Bertz CT molecular complexity index is 735. The third kappa shape index (κ3) is 3.06. The molecule has 1 aromatic carbocycles. The van der Waals surface area contributed by atoms with E-state index in [1.54, 1.807) is 12.1 Å². The minimum Gasteiger partial charge on any atom is -0.345 e. The molecule has 0 bridgehead atoms. The second-order valence-electron chi connectivity index (χ2n) is 4.16. The number of hydrogen-bond donors (Lipinski definition) is 2. The highest BCUT2D eigenvalue weighted by Gasteiger charge is 2.12. The van der Waals surface area contributed by atoms with E-state index in [-0.39, 0.29) is 11.7 Å². The Balaban J connectivity index is 1.64. The van der Waals surface area contributed by atoms with Crippen LogP contribution in [0.25, 0.3) is 5.95 Å². The summed E-state index contributed by atoms with van der Waals surface area (Å²) >= 11 is 5.80. The third-order valence-corrected chi connectivity index (χ3v) is 2.96. The van der Waals surface area contributed by atoms with Crippen LogP contribution in [0.3, 0.4) is 0 Å². The zero-order chi connectivity index (χ0) is 14.7. The zero-order valence-electron chi connectivity index (χ0n) is 10.7. The molecule has 0 saturated heterocycles. The highest BCUT2D eigenvalue weighted by Crippen LogP contribution is 2.09. The van der Waals surface area contributed by atoms with Gasteiger partial charge in [0.1, 0.15) is 12.7 Å². The van der Waals surface area contributed by atoms with Crippen molar-refractivity contribution in [1.29, 1.82) is 0 Å². The van der Waals surface area contributed by atoms with Crippen LogP contribution >= 0.6 is 11.6 Å². The highest BCUT2D eigenvalue weighted by molar-refractivity contribution is 6.30. The lowest BCUT2D eigenvalue weighted by Crippen LogP contribution is -2.24. The van der Waals surface area contributed by atoms with Gasteiger partial charge in [-0.25, -0.2) is 0 Å². The molecule has 1 amide bonds. The lowest BCUT2D eigenvalue weighted by Gasteiger charge is -2.03.